The van der Waals surface area contributed by atoms with Crippen molar-refractivity contribution in [3.63, 3.8) is 0 Å². The maximum Gasteiger partial charge on any atom is 0.206 e. The van der Waals surface area contributed by atoms with E-state index >= 15 is 0 Å². The first-order valence-electron chi connectivity index (χ1n) is 7.94. The average Bonchev–Trinajstić information content (AvgIpc) is 2.97. The molecule has 3 rings (SSSR count). The van der Waals surface area contributed by atoms with Crippen LogP contribution in [0.2, 0.25) is 0 Å². The zero-order valence-electron chi connectivity index (χ0n) is 14.1. The lowest BCUT2D eigenvalue weighted by molar-refractivity contribution is 0.104. The standard InChI is InChI=1S/C19H19N3O2S/c1-3-24-15-10-6-13(7-11-15)16(23)17-18(20)22-19(25-17)21-14-8-4-12(2)5-9-14/h4-11H,3,20H2,1-2H3,(H,21,22). The quantitative estimate of drug-likeness (QED) is 0.642. The zero-order chi connectivity index (χ0) is 17.8. The molecule has 1 heterocycles. The average molecular weight is 353 g/mol. The van der Waals surface area contributed by atoms with Crippen LogP contribution in [0.3, 0.4) is 0 Å². The molecule has 128 valence electrons. The van der Waals surface area contributed by atoms with Gasteiger partial charge in [-0.3, -0.25) is 4.79 Å². The van der Waals surface area contributed by atoms with E-state index in [9.17, 15) is 4.79 Å². The van der Waals surface area contributed by atoms with Crippen molar-refractivity contribution in [2.45, 2.75) is 13.8 Å². The number of carbonyl (C=O) groups excluding carboxylic acids is 1. The van der Waals surface area contributed by atoms with Crippen molar-refractivity contribution in [2.75, 3.05) is 17.7 Å². The molecule has 0 aliphatic heterocycles. The van der Waals surface area contributed by atoms with E-state index in [1.807, 2.05) is 38.1 Å². The first kappa shape index (κ1) is 17.0. The van der Waals surface area contributed by atoms with Crippen LogP contribution >= 0.6 is 11.3 Å². The lowest BCUT2D eigenvalue weighted by Crippen LogP contribution is -2.02. The topological polar surface area (TPSA) is 77.2 Å². The number of aromatic nitrogens is 1. The highest BCUT2D eigenvalue weighted by atomic mass is 32.1. The van der Waals surface area contributed by atoms with Crippen LogP contribution in [0.5, 0.6) is 5.75 Å². The van der Waals surface area contributed by atoms with Crippen molar-refractivity contribution in [3.05, 3.63) is 64.5 Å². The largest absolute Gasteiger partial charge is 0.494 e. The molecule has 0 atom stereocenters. The number of ether oxygens (including phenoxy) is 1. The molecule has 0 unspecified atom stereocenters. The minimum Gasteiger partial charge on any atom is -0.494 e. The number of rotatable bonds is 6. The summed E-state index contributed by atoms with van der Waals surface area (Å²) < 4.78 is 5.39. The molecule has 6 heteroatoms. The molecule has 25 heavy (non-hydrogen) atoms. The maximum atomic E-state index is 12.7. The van der Waals surface area contributed by atoms with E-state index < -0.39 is 0 Å². The molecular weight excluding hydrogens is 334 g/mol. The minimum atomic E-state index is -0.144. The Morgan fingerprint density at radius 3 is 2.48 bits per heavy atom. The number of hydrogen-bond acceptors (Lipinski definition) is 6. The van der Waals surface area contributed by atoms with Crippen molar-refractivity contribution in [1.82, 2.24) is 4.98 Å². The van der Waals surface area contributed by atoms with Gasteiger partial charge in [-0.25, -0.2) is 4.98 Å². The third kappa shape index (κ3) is 3.97. The third-order valence-electron chi connectivity index (χ3n) is 3.59. The van der Waals surface area contributed by atoms with E-state index in [-0.39, 0.29) is 11.6 Å². The smallest absolute Gasteiger partial charge is 0.206 e. The second kappa shape index (κ2) is 7.36. The van der Waals surface area contributed by atoms with Crippen LogP contribution in [0.4, 0.5) is 16.6 Å². The molecule has 5 nitrogen and oxygen atoms in total. The van der Waals surface area contributed by atoms with Crippen molar-refractivity contribution in [3.8, 4) is 5.75 Å². The summed E-state index contributed by atoms with van der Waals surface area (Å²) in [5, 5.41) is 3.77. The molecule has 1 aromatic heterocycles. The summed E-state index contributed by atoms with van der Waals surface area (Å²) in [6, 6.07) is 15.0. The number of aryl methyl sites for hydroxylation is 1. The molecular formula is C19H19N3O2S. The zero-order valence-corrected chi connectivity index (χ0v) is 14.9. The lowest BCUT2D eigenvalue weighted by atomic mass is 10.1. The molecule has 0 saturated carbocycles. The molecule has 0 aliphatic carbocycles. The van der Waals surface area contributed by atoms with Gasteiger partial charge in [0.25, 0.3) is 0 Å². The Hall–Kier alpha value is -2.86. The first-order chi connectivity index (χ1) is 12.1. The molecule has 0 radical (unpaired) electrons. The van der Waals surface area contributed by atoms with Crippen molar-refractivity contribution in [2.24, 2.45) is 0 Å². The van der Waals surface area contributed by atoms with Crippen LogP contribution in [0.25, 0.3) is 0 Å². The van der Waals surface area contributed by atoms with Gasteiger partial charge in [0, 0.05) is 11.3 Å². The summed E-state index contributed by atoms with van der Waals surface area (Å²) in [5.74, 6) is 0.826. The summed E-state index contributed by atoms with van der Waals surface area (Å²) in [6.07, 6.45) is 0. The number of thiazole rings is 1. The van der Waals surface area contributed by atoms with E-state index in [2.05, 4.69) is 10.3 Å². The number of nitrogens with two attached hydrogens (primary N) is 1. The molecule has 0 bridgehead atoms. The number of nitrogens with one attached hydrogen (secondary N) is 1. The first-order valence-corrected chi connectivity index (χ1v) is 8.76. The Bertz CT molecular complexity index is 871. The fourth-order valence-corrected chi connectivity index (χ4v) is 3.18. The van der Waals surface area contributed by atoms with Crippen molar-refractivity contribution >= 4 is 33.8 Å². The Morgan fingerprint density at radius 2 is 1.84 bits per heavy atom. The van der Waals surface area contributed by atoms with Gasteiger partial charge in [-0.2, -0.15) is 0 Å². The second-order valence-corrected chi connectivity index (χ2v) is 6.51. The van der Waals surface area contributed by atoms with Gasteiger partial charge >= 0.3 is 0 Å². The molecule has 3 N–H and O–H groups in total. The van der Waals surface area contributed by atoms with Crippen molar-refractivity contribution in [1.29, 1.82) is 0 Å². The highest BCUT2D eigenvalue weighted by Gasteiger charge is 2.18. The summed E-state index contributed by atoms with van der Waals surface area (Å²) in [6.45, 7) is 4.53. The molecule has 2 aromatic carbocycles. The number of nitrogen functional groups attached to an aromatic ring is 1. The van der Waals surface area contributed by atoms with E-state index in [0.29, 0.717) is 22.2 Å². The van der Waals surface area contributed by atoms with Crippen LogP contribution in [-0.2, 0) is 0 Å². The molecule has 0 saturated heterocycles. The van der Waals surface area contributed by atoms with E-state index in [4.69, 9.17) is 10.5 Å². The summed E-state index contributed by atoms with van der Waals surface area (Å²) in [4.78, 5) is 17.4. The highest BCUT2D eigenvalue weighted by Crippen LogP contribution is 2.30. The summed E-state index contributed by atoms with van der Waals surface area (Å²) in [7, 11) is 0. The van der Waals surface area contributed by atoms with Gasteiger partial charge in [0.05, 0.1) is 6.61 Å². The minimum absolute atomic E-state index is 0.144. The predicted octanol–water partition coefficient (Wildman–Crippen LogP) is 4.41. The van der Waals surface area contributed by atoms with E-state index in [1.165, 1.54) is 16.9 Å². The third-order valence-corrected chi connectivity index (χ3v) is 4.58. The molecule has 0 aliphatic rings. The summed E-state index contributed by atoms with van der Waals surface area (Å²) in [5.41, 5.74) is 8.58. The van der Waals surface area contributed by atoms with Crippen LogP contribution < -0.4 is 15.8 Å². The molecule has 0 spiro atoms. The Kier molecular flexibility index (Phi) is 5.00. The van der Waals surface area contributed by atoms with Gasteiger partial charge in [0.1, 0.15) is 16.4 Å². The molecule has 0 fully saturated rings. The Balaban J connectivity index is 1.79. The number of benzene rings is 2. The fourth-order valence-electron chi connectivity index (χ4n) is 2.31. The van der Waals surface area contributed by atoms with Gasteiger partial charge in [0.15, 0.2) is 5.13 Å². The molecule has 0 amide bonds. The van der Waals surface area contributed by atoms with Crippen LogP contribution in [0.1, 0.15) is 27.7 Å². The van der Waals surface area contributed by atoms with Gasteiger partial charge in [-0.05, 0) is 50.2 Å². The van der Waals surface area contributed by atoms with Gasteiger partial charge in [-0.1, -0.05) is 29.0 Å². The normalized spacial score (nSPS) is 10.5. The number of nitrogens with zero attached hydrogens (tertiary/aromatic N) is 1. The number of carbonyl (C=O) groups is 1. The molecule has 3 aromatic rings. The fraction of sp³-hybridized carbons (Fsp3) is 0.158. The Morgan fingerprint density at radius 1 is 1.16 bits per heavy atom. The van der Waals surface area contributed by atoms with Gasteiger partial charge in [0.2, 0.25) is 5.78 Å². The van der Waals surface area contributed by atoms with Gasteiger partial charge < -0.3 is 15.8 Å². The van der Waals surface area contributed by atoms with Gasteiger partial charge in [-0.15, -0.1) is 0 Å². The maximum absolute atomic E-state index is 12.7. The number of anilines is 3. The van der Waals surface area contributed by atoms with Crippen LogP contribution in [0, 0.1) is 6.92 Å². The second-order valence-electron chi connectivity index (χ2n) is 5.51. The predicted molar refractivity (Wildman–Crippen MR) is 102 cm³/mol. The highest BCUT2D eigenvalue weighted by molar-refractivity contribution is 7.18. The number of hydrogen-bond donors (Lipinski definition) is 2. The monoisotopic (exact) mass is 353 g/mol. The van der Waals surface area contributed by atoms with Crippen LogP contribution in [0.15, 0.2) is 48.5 Å². The Labute approximate surface area is 150 Å². The van der Waals surface area contributed by atoms with E-state index in [0.717, 1.165) is 11.4 Å². The van der Waals surface area contributed by atoms with E-state index in [1.54, 1.807) is 24.3 Å². The lowest BCUT2D eigenvalue weighted by Gasteiger charge is -2.04. The SMILES string of the molecule is CCOc1ccc(C(=O)c2sc(Nc3ccc(C)cc3)nc2N)cc1. The summed E-state index contributed by atoms with van der Waals surface area (Å²) >= 11 is 1.25. The number of ketones is 1. The van der Waals surface area contributed by atoms with Crippen LogP contribution in [-0.4, -0.2) is 17.4 Å². The van der Waals surface area contributed by atoms with Crippen molar-refractivity contribution < 1.29 is 9.53 Å².